The quantitative estimate of drug-likeness (QED) is 0.131. The van der Waals surface area contributed by atoms with Crippen LogP contribution in [0.2, 0.25) is 0 Å². The van der Waals surface area contributed by atoms with Gasteiger partial charge in [-0.2, -0.15) is 110 Å². The standard InChI is InChI=1S/C16H5F27O3/c17-3(18)7(23,24)10(29,30)13(35,36)14(37,38)11(31,32)8(25,26)5(19,20)1-45-4(44)46-2-6(21,22)9(27,28)12(33,34)15(39,40)16(41,42)43/h3H,1-2H2. The molecule has 0 bridgehead atoms. The molecule has 0 fully saturated rings. The first-order valence-electron chi connectivity index (χ1n) is 9.85. The van der Waals surface area contributed by atoms with E-state index < -0.39 is 97.1 Å². The molecule has 0 aromatic rings. The highest BCUT2D eigenvalue weighted by Crippen LogP contribution is 2.63. The Kier molecular flexibility index (Phi) is 10.9. The van der Waals surface area contributed by atoms with Crippen LogP contribution in [0.15, 0.2) is 0 Å². The maximum absolute atomic E-state index is 13.6. The van der Waals surface area contributed by atoms with Crippen LogP contribution in [0.1, 0.15) is 0 Å². The van der Waals surface area contributed by atoms with E-state index in [2.05, 4.69) is 9.47 Å². The Balaban J connectivity index is 6.16. The summed E-state index contributed by atoms with van der Waals surface area (Å²) in [7, 11) is 0. The number of hydrogen-bond acceptors (Lipinski definition) is 3. The normalized spacial score (nSPS) is 16.2. The van der Waals surface area contributed by atoms with Gasteiger partial charge in [0.1, 0.15) is 0 Å². The van der Waals surface area contributed by atoms with E-state index in [0.29, 0.717) is 0 Å². The van der Waals surface area contributed by atoms with E-state index in [0.717, 1.165) is 0 Å². The number of halogens is 27. The van der Waals surface area contributed by atoms with E-state index in [1.807, 2.05) is 0 Å². The van der Waals surface area contributed by atoms with Gasteiger partial charge in [0, 0.05) is 0 Å². The van der Waals surface area contributed by atoms with Crippen molar-refractivity contribution < 1.29 is 133 Å². The number of rotatable bonds is 14. The second kappa shape index (κ2) is 11.5. The summed E-state index contributed by atoms with van der Waals surface area (Å²) in [5.41, 5.74) is 0. The Labute approximate surface area is 231 Å². The predicted octanol–water partition coefficient (Wildman–Crippen LogP) is 8.96. The largest absolute Gasteiger partial charge is 0.508 e. The minimum absolute atomic E-state index is 2.54. The lowest BCUT2D eigenvalue weighted by molar-refractivity contribution is -0.447. The summed E-state index contributed by atoms with van der Waals surface area (Å²) in [6.45, 7) is -8.12. The van der Waals surface area contributed by atoms with Gasteiger partial charge in [0.2, 0.25) is 0 Å². The molecule has 0 saturated heterocycles. The first-order chi connectivity index (χ1) is 19.5. The lowest BCUT2D eigenvalue weighted by Gasteiger charge is -2.42. The molecule has 0 aromatic heterocycles. The van der Waals surface area contributed by atoms with Crippen LogP contribution in [0, 0.1) is 0 Å². The highest BCUT2D eigenvalue weighted by atomic mass is 19.4. The summed E-state index contributed by atoms with van der Waals surface area (Å²) in [6, 6.07) is 0. The zero-order valence-electron chi connectivity index (χ0n) is 19.9. The average molecular weight is 758 g/mol. The van der Waals surface area contributed by atoms with E-state index in [1.54, 1.807) is 0 Å². The van der Waals surface area contributed by atoms with Gasteiger partial charge in [-0.3, -0.25) is 0 Å². The van der Waals surface area contributed by atoms with Crippen LogP contribution in [0.25, 0.3) is 0 Å². The van der Waals surface area contributed by atoms with Crippen molar-refractivity contribution in [1.29, 1.82) is 0 Å². The fourth-order valence-electron chi connectivity index (χ4n) is 2.29. The number of alkyl halides is 27. The Morgan fingerprint density at radius 3 is 0.891 bits per heavy atom. The Bertz CT molecular complexity index is 1090. The van der Waals surface area contributed by atoms with Crippen LogP contribution < -0.4 is 0 Å². The van der Waals surface area contributed by atoms with Gasteiger partial charge in [-0.05, 0) is 0 Å². The van der Waals surface area contributed by atoms with Gasteiger partial charge < -0.3 is 9.47 Å². The molecule has 0 N–H and O–H groups in total. The highest BCUT2D eigenvalue weighted by Gasteiger charge is 2.94. The van der Waals surface area contributed by atoms with Crippen molar-refractivity contribution in [2.75, 3.05) is 13.2 Å². The van der Waals surface area contributed by atoms with E-state index in [9.17, 15) is 123 Å². The van der Waals surface area contributed by atoms with E-state index in [4.69, 9.17) is 0 Å². The molecule has 0 atom stereocenters. The zero-order valence-corrected chi connectivity index (χ0v) is 19.9. The first kappa shape index (κ1) is 43.4. The second-order valence-electron chi connectivity index (χ2n) is 8.25. The van der Waals surface area contributed by atoms with Crippen LogP contribution in [0.4, 0.5) is 123 Å². The molecule has 0 saturated carbocycles. The highest BCUT2D eigenvalue weighted by molar-refractivity contribution is 5.60. The molecule has 0 unspecified atom stereocenters. The van der Waals surface area contributed by atoms with Crippen molar-refractivity contribution in [1.82, 2.24) is 0 Å². The molecule has 0 rings (SSSR count). The van der Waals surface area contributed by atoms with Crippen molar-refractivity contribution in [2.45, 2.75) is 77.7 Å². The third-order valence-corrected chi connectivity index (χ3v) is 5.08. The van der Waals surface area contributed by atoms with Gasteiger partial charge in [0.05, 0.1) is 0 Å². The Morgan fingerprint density at radius 2 is 0.630 bits per heavy atom. The van der Waals surface area contributed by atoms with E-state index in [-0.39, 0.29) is 0 Å². The average Bonchev–Trinajstić information content (AvgIpc) is 2.84. The molecule has 276 valence electrons. The molecule has 0 aliphatic carbocycles. The molecule has 0 aliphatic heterocycles. The minimum atomic E-state index is -8.92. The summed E-state index contributed by atoms with van der Waals surface area (Å²) >= 11 is 0. The van der Waals surface area contributed by atoms with Gasteiger partial charge in [-0.1, -0.05) is 0 Å². The summed E-state index contributed by atoms with van der Waals surface area (Å²) in [6.07, 6.45) is -17.6. The zero-order chi connectivity index (χ0) is 38.0. The molecule has 46 heavy (non-hydrogen) atoms. The Hall–Kier alpha value is -2.62. The predicted molar refractivity (Wildman–Crippen MR) is 83.8 cm³/mol. The number of hydrogen-bond donors (Lipinski definition) is 0. The Morgan fingerprint density at radius 1 is 0.391 bits per heavy atom. The molecule has 30 heteroatoms. The summed E-state index contributed by atoms with van der Waals surface area (Å²) in [5, 5.41) is 0. The topological polar surface area (TPSA) is 35.5 Å². The maximum atomic E-state index is 13.6. The summed E-state index contributed by atoms with van der Waals surface area (Å²) in [5.74, 6) is -90.0. The molecule has 0 spiro atoms. The van der Waals surface area contributed by atoms with Crippen LogP contribution in [-0.2, 0) is 9.47 Å². The number of carbonyl (C=O) groups excluding carboxylic acids is 1. The first-order valence-corrected chi connectivity index (χ1v) is 9.85. The fourth-order valence-corrected chi connectivity index (χ4v) is 2.29. The van der Waals surface area contributed by atoms with Crippen LogP contribution in [-0.4, -0.2) is 97.1 Å². The number of ether oxygens (including phenoxy) is 2. The number of carbonyl (C=O) groups is 1. The van der Waals surface area contributed by atoms with E-state index >= 15 is 0 Å². The molecule has 0 aliphatic rings. The lowest BCUT2D eigenvalue weighted by Crippen LogP contribution is -2.74. The maximum Gasteiger partial charge on any atom is 0.508 e. The van der Waals surface area contributed by atoms with Gasteiger partial charge in [0.15, 0.2) is 13.2 Å². The van der Waals surface area contributed by atoms with Crippen LogP contribution >= 0.6 is 0 Å². The molecule has 3 nitrogen and oxygen atoms in total. The third-order valence-electron chi connectivity index (χ3n) is 5.08. The molecular formula is C16H5F27O3. The van der Waals surface area contributed by atoms with Gasteiger partial charge in [-0.15, -0.1) is 0 Å². The van der Waals surface area contributed by atoms with Crippen molar-refractivity contribution >= 4 is 6.16 Å². The van der Waals surface area contributed by atoms with Crippen molar-refractivity contribution in [3.8, 4) is 0 Å². The minimum Gasteiger partial charge on any atom is -0.428 e. The van der Waals surface area contributed by atoms with Crippen LogP contribution in [0.3, 0.4) is 0 Å². The van der Waals surface area contributed by atoms with Gasteiger partial charge in [-0.25, -0.2) is 13.6 Å². The molecule has 0 aromatic carbocycles. The smallest absolute Gasteiger partial charge is 0.428 e. The third kappa shape index (κ3) is 6.08. The fraction of sp³-hybridized carbons (Fsp3) is 0.938. The van der Waals surface area contributed by atoms with Crippen LogP contribution in [0.5, 0.6) is 0 Å². The molecule has 0 radical (unpaired) electrons. The van der Waals surface area contributed by atoms with Crippen molar-refractivity contribution in [3.63, 3.8) is 0 Å². The van der Waals surface area contributed by atoms with Gasteiger partial charge >= 0.3 is 83.9 Å². The molecule has 0 heterocycles. The van der Waals surface area contributed by atoms with Crippen molar-refractivity contribution in [2.24, 2.45) is 0 Å². The van der Waals surface area contributed by atoms with Crippen molar-refractivity contribution in [3.05, 3.63) is 0 Å². The summed E-state index contributed by atoms with van der Waals surface area (Å²) < 4.78 is 356. The second-order valence-corrected chi connectivity index (χ2v) is 8.25. The SMILES string of the molecule is O=C(OCC(F)(F)C(F)(F)C(F)(F)C(F)(F)C(F)(F)F)OCC(F)(F)C(F)(F)C(F)(F)C(F)(F)C(F)(F)C(F)(F)C(F)(F)C(F)F. The lowest BCUT2D eigenvalue weighted by atomic mass is 9.89. The van der Waals surface area contributed by atoms with Gasteiger partial charge in [0.25, 0.3) is 0 Å². The molecule has 0 amide bonds. The molecular weight excluding hydrogens is 753 g/mol. The monoisotopic (exact) mass is 758 g/mol. The summed E-state index contributed by atoms with van der Waals surface area (Å²) in [4.78, 5) is 10.9. The van der Waals surface area contributed by atoms with E-state index in [1.165, 1.54) is 0 Å².